The van der Waals surface area contributed by atoms with Crippen molar-refractivity contribution in [3.05, 3.63) is 71.2 Å². The largest absolute Gasteiger partial charge is 0.618 e. The molecule has 27 heavy (non-hydrogen) atoms. The van der Waals surface area contributed by atoms with Gasteiger partial charge in [0.05, 0.1) is 0 Å². The van der Waals surface area contributed by atoms with Gasteiger partial charge in [0, 0.05) is 25.2 Å². The monoisotopic (exact) mass is 368 g/mol. The minimum Gasteiger partial charge on any atom is -0.618 e. The highest BCUT2D eigenvalue weighted by atomic mass is 16.6. The number of aromatic nitrogens is 1. The fraction of sp³-hybridized carbons (Fsp3) is 0.381. The Labute approximate surface area is 159 Å². The summed E-state index contributed by atoms with van der Waals surface area (Å²) in [5, 5.41) is 11.6. The van der Waals surface area contributed by atoms with Crippen molar-refractivity contribution in [3.8, 4) is 0 Å². The van der Waals surface area contributed by atoms with E-state index in [0.717, 1.165) is 19.3 Å². The third kappa shape index (κ3) is 4.84. The molecule has 1 aliphatic rings. The van der Waals surface area contributed by atoms with E-state index in [1.165, 1.54) is 23.9 Å². The number of hydrogen-bond acceptors (Lipinski definition) is 4. The van der Waals surface area contributed by atoms with Gasteiger partial charge in [-0.05, 0) is 43.7 Å². The number of likely N-dealkylation sites (tertiary alicyclic amines) is 1. The molecule has 0 spiro atoms. The van der Waals surface area contributed by atoms with Crippen molar-refractivity contribution < 1.29 is 19.1 Å². The van der Waals surface area contributed by atoms with Crippen LogP contribution < -0.4 is 4.73 Å². The SMILES string of the molecule is C[C@@H](OC(=O)c1cccc[n+]1[O-])C(=O)N1CCC(Cc2ccccc2)CC1. The molecule has 1 aliphatic heterocycles. The van der Waals surface area contributed by atoms with Crippen molar-refractivity contribution in [2.75, 3.05) is 13.1 Å². The Balaban J connectivity index is 1.50. The molecule has 2 aromatic rings. The van der Waals surface area contributed by atoms with E-state index in [1.54, 1.807) is 17.9 Å². The topological polar surface area (TPSA) is 73.5 Å². The first kappa shape index (κ1) is 18.9. The van der Waals surface area contributed by atoms with E-state index in [1.807, 2.05) is 18.2 Å². The Kier molecular flexibility index (Phi) is 6.06. The maximum Gasteiger partial charge on any atom is 0.405 e. The fourth-order valence-corrected chi connectivity index (χ4v) is 3.42. The lowest BCUT2D eigenvalue weighted by Crippen LogP contribution is -2.45. The molecular formula is C21H24N2O4. The Morgan fingerprint density at radius 1 is 1.15 bits per heavy atom. The predicted molar refractivity (Wildman–Crippen MR) is 99.7 cm³/mol. The van der Waals surface area contributed by atoms with Gasteiger partial charge in [0.1, 0.15) is 0 Å². The van der Waals surface area contributed by atoms with E-state index in [4.69, 9.17) is 4.74 Å². The number of ether oxygens (including phenoxy) is 1. The van der Waals surface area contributed by atoms with Gasteiger partial charge in [-0.2, -0.15) is 4.73 Å². The first-order valence-corrected chi connectivity index (χ1v) is 9.26. The number of rotatable bonds is 5. The lowest BCUT2D eigenvalue weighted by Gasteiger charge is -2.33. The van der Waals surface area contributed by atoms with Crippen LogP contribution >= 0.6 is 0 Å². The molecule has 1 aromatic carbocycles. The van der Waals surface area contributed by atoms with Crippen LogP contribution in [0.2, 0.25) is 0 Å². The number of hydrogen-bond donors (Lipinski definition) is 0. The minimum atomic E-state index is -0.914. The normalized spacial score (nSPS) is 16.0. The molecule has 3 rings (SSSR count). The van der Waals surface area contributed by atoms with Crippen molar-refractivity contribution in [1.29, 1.82) is 0 Å². The Hall–Kier alpha value is -2.89. The maximum absolute atomic E-state index is 12.6. The van der Waals surface area contributed by atoms with Crippen LogP contribution in [-0.2, 0) is 16.0 Å². The summed E-state index contributed by atoms with van der Waals surface area (Å²) in [5.41, 5.74) is 1.19. The predicted octanol–water partition coefficient (Wildman–Crippen LogP) is 2.35. The van der Waals surface area contributed by atoms with Gasteiger partial charge in [0.25, 0.3) is 5.91 Å². The molecule has 0 unspecified atom stereocenters. The molecule has 0 saturated carbocycles. The zero-order valence-electron chi connectivity index (χ0n) is 15.4. The molecule has 1 atom stereocenters. The van der Waals surface area contributed by atoms with E-state index in [9.17, 15) is 14.8 Å². The van der Waals surface area contributed by atoms with Crippen LogP contribution in [0.15, 0.2) is 54.7 Å². The van der Waals surface area contributed by atoms with Gasteiger partial charge in [-0.3, -0.25) is 4.79 Å². The highest BCUT2D eigenvalue weighted by Gasteiger charge is 2.29. The molecule has 1 aromatic heterocycles. The second kappa shape index (κ2) is 8.66. The first-order valence-electron chi connectivity index (χ1n) is 9.26. The summed E-state index contributed by atoms with van der Waals surface area (Å²) in [7, 11) is 0. The summed E-state index contributed by atoms with van der Waals surface area (Å²) < 4.78 is 5.64. The van der Waals surface area contributed by atoms with Crippen molar-refractivity contribution >= 4 is 11.9 Å². The molecule has 1 amide bonds. The van der Waals surface area contributed by atoms with Crippen LogP contribution in [0.5, 0.6) is 0 Å². The molecule has 142 valence electrons. The summed E-state index contributed by atoms with van der Waals surface area (Å²) in [4.78, 5) is 26.4. The molecule has 2 heterocycles. The molecule has 0 aliphatic carbocycles. The Bertz CT molecular complexity index is 786. The maximum atomic E-state index is 12.6. The molecule has 1 fully saturated rings. The summed E-state index contributed by atoms with van der Waals surface area (Å²) in [6.45, 7) is 2.87. The number of carbonyl (C=O) groups is 2. The average molecular weight is 368 g/mol. The van der Waals surface area contributed by atoms with Gasteiger partial charge in [0.2, 0.25) is 0 Å². The summed E-state index contributed by atoms with van der Waals surface area (Å²) in [6.07, 6.45) is 3.19. The zero-order chi connectivity index (χ0) is 19.2. The quantitative estimate of drug-likeness (QED) is 0.461. The average Bonchev–Trinajstić information content (AvgIpc) is 2.69. The lowest BCUT2D eigenvalue weighted by atomic mass is 9.90. The fourth-order valence-electron chi connectivity index (χ4n) is 3.42. The molecule has 1 saturated heterocycles. The molecule has 0 N–H and O–H groups in total. The van der Waals surface area contributed by atoms with Gasteiger partial charge in [-0.15, -0.1) is 0 Å². The van der Waals surface area contributed by atoms with Crippen LogP contribution in [0, 0.1) is 11.1 Å². The molecule has 0 bridgehead atoms. The number of pyridine rings is 1. The van der Waals surface area contributed by atoms with Gasteiger partial charge in [-0.1, -0.05) is 30.3 Å². The van der Waals surface area contributed by atoms with Gasteiger partial charge >= 0.3 is 11.7 Å². The standard InChI is InChI=1S/C21H24N2O4/c1-16(27-21(25)19-9-5-6-12-23(19)26)20(24)22-13-10-18(11-14-22)15-17-7-3-2-4-8-17/h2-9,12,16,18H,10-11,13-15H2,1H3/t16-/m1/s1. The molecule has 6 heteroatoms. The first-order chi connectivity index (χ1) is 13.0. The van der Waals surface area contributed by atoms with Crippen LogP contribution in [0.3, 0.4) is 0 Å². The van der Waals surface area contributed by atoms with Crippen molar-refractivity contribution in [3.63, 3.8) is 0 Å². The summed E-state index contributed by atoms with van der Waals surface area (Å²) >= 11 is 0. The van der Waals surface area contributed by atoms with Crippen molar-refractivity contribution in [2.24, 2.45) is 5.92 Å². The number of esters is 1. The number of benzene rings is 1. The molecular weight excluding hydrogens is 344 g/mol. The highest BCUT2D eigenvalue weighted by Crippen LogP contribution is 2.22. The number of piperidine rings is 1. The smallest absolute Gasteiger partial charge is 0.405 e. The third-order valence-corrected chi connectivity index (χ3v) is 4.96. The van der Waals surface area contributed by atoms with Crippen LogP contribution in [0.25, 0.3) is 0 Å². The van der Waals surface area contributed by atoms with E-state index in [-0.39, 0.29) is 11.6 Å². The summed E-state index contributed by atoms with van der Waals surface area (Å²) in [6, 6.07) is 14.8. The highest BCUT2D eigenvalue weighted by molar-refractivity contribution is 5.89. The van der Waals surface area contributed by atoms with Crippen molar-refractivity contribution in [2.45, 2.75) is 32.3 Å². The molecule has 0 radical (unpaired) electrons. The second-order valence-corrected chi connectivity index (χ2v) is 6.92. The van der Waals surface area contributed by atoms with E-state index < -0.39 is 12.1 Å². The van der Waals surface area contributed by atoms with Crippen molar-refractivity contribution in [1.82, 2.24) is 4.90 Å². The minimum absolute atomic E-state index is 0.126. The van der Waals surface area contributed by atoms with E-state index in [2.05, 4.69) is 12.1 Å². The zero-order valence-corrected chi connectivity index (χ0v) is 15.4. The van der Waals surface area contributed by atoms with Crippen LogP contribution in [0.1, 0.15) is 35.8 Å². The number of nitrogens with zero attached hydrogens (tertiary/aromatic N) is 2. The van der Waals surface area contributed by atoms with Gasteiger partial charge in [-0.25, -0.2) is 4.79 Å². The van der Waals surface area contributed by atoms with Crippen LogP contribution in [0.4, 0.5) is 0 Å². The Morgan fingerprint density at radius 2 is 1.81 bits per heavy atom. The summed E-state index contributed by atoms with van der Waals surface area (Å²) in [5.74, 6) is -0.446. The second-order valence-electron chi connectivity index (χ2n) is 6.92. The third-order valence-electron chi connectivity index (χ3n) is 4.96. The number of carbonyl (C=O) groups excluding carboxylic acids is 2. The lowest BCUT2D eigenvalue weighted by molar-refractivity contribution is -0.608. The molecule has 6 nitrogen and oxygen atoms in total. The van der Waals surface area contributed by atoms with Gasteiger partial charge in [0.15, 0.2) is 12.3 Å². The van der Waals surface area contributed by atoms with Gasteiger partial charge < -0.3 is 14.8 Å². The Morgan fingerprint density at radius 3 is 2.48 bits per heavy atom. The van der Waals surface area contributed by atoms with E-state index >= 15 is 0 Å². The van der Waals surface area contributed by atoms with Crippen LogP contribution in [-0.4, -0.2) is 36.0 Å². The van der Waals surface area contributed by atoms with E-state index in [0.29, 0.717) is 23.7 Å². The number of amides is 1.